The van der Waals surface area contributed by atoms with Crippen molar-refractivity contribution in [1.29, 1.82) is 0 Å². The monoisotopic (exact) mass is 532 g/mol. The number of pyridine rings is 1. The Kier molecular flexibility index (Phi) is 7.14. The van der Waals surface area contributed by atoms with Crippen LogP contribution in [0.3, 0.4) is 0 Å². The number of carbonyl (C=O) groups excluding carboxylic acids is 1. The molecule has 1 aromatic heterocycles. The summed E-state index contributed by atoms with van der Waals surface area (Å²) < 4.78 is 42.1. The highest BCUT2D eigenvalue weighted by Crippen LogP contribution is 2.26. The van der Waals surface area contributed by atoms with Crippen LogP contribution in [-0.4, -0.2) is 54.8 Å². The standard InChI is InChI=1S/C29H29FN4O3S/c1-20-19-33(21(2)22-8-12-25(30)13-9-22)17-18-34(20)29(35)24-10-14-26(15-11-24)32-38(36,37)27-7-3-5-23-6-4-16-31-28(23)27/h3-16,20-21,32H,17-19H2,1-2H3/t20-,21?/m1/s1. The summed E-state index contributed by atoms with van der Waals surface area (Å²) in [6.07, 6.45) is 1.56. The molecule has 7 nitrogen and oxygen atoms in total. The van der Waals surface area contributed by atoms with Gasteiger partial charge in [0.15, 0.2) is 0 Å². The lowest BCUT2D eigenvalue weighted by atomic mass is 10.0. The molecule has 1 N–H and O–H groups in total. The molecule has 0 saturated carbocycles. The number of nitrogens with one attached hydrogen (secondary N) is 1. The van der Waals surface area contributed by atoms with Crippen molar-refractivity contribution in [3.63, 3.8) is 0 Å². The number of carbonyl (C=O) groups is 1. The highest BCUT2D eigenvalue weighted by molar-refractivity contribution is 7.93. The van der Waals surface area contributed by atoms with Gasteiger partial charge in [0.1, 0.15) is 10.7 Å². The molecule has 1 aliphatic rings. The van der Waals surface area contributed by atoms with Crippen LogP contribution in [0, 0.1) is 5.82 Å². The predicted molar refractivity (Wildman–Crippen MR) is 146 cm³/mol. The minimum atomic E-state index is -3.88. The number of sulfonamides is 1. The summed E-state index contributed by atoms with van der Waals surface area (Å²) in [6.45, 7) is 6.06. The maximum Gasteiger partial charge on any atom is 0.264 e. The topological polar surface area (TPSA) is 82.6 Å². The van der Waals surface area contributed by atoms with Gasteiger partial charge in [0.2, 0.25) is 0 Å². The largest absolute Gasteiger partial charge is 0.333 e. The number of rotatable bonds is 6. The van der Waals surface area contributed by atoms with E-state index in [-0.39, 0.29) is 28.7 Å². The maximum absolute atomic E-state index is 13.3. The van der Waals surface area contributed by atoms with Crippen LogP contribution in [0.4, 0.5) is 10.1 Å². The molecule has 1 saturated heterocycles. The Morgan fingerprint density at radius 3 is 2.42 bits per heavy atom. The minimum Gasteiger partial charge on any atom is -0.333 e. The molecule has 4 aromatic rings. The summed E-state index contributed by atoms with van der Waals surface area (Å²) in [5, 5.41) is 0.734. The number of amides is 1. The van der Waals surface area contributed by atoms with Gasteiger partial charge in [-0.25, -0.2) is 12.8 Å². The van der Waals surface area contributed by atoms with Crippen LogP contribution in [0.25, 0.3) is 10.9 Å². The Morgan fingerprint density at radius 1 is 1.00 bits per heavy atom. The fourth-order valence-electron chi connectivity index (χ4n) is 4.94. The first kappa shape index (κ1) is 25.8. The summed E-state index contributed by atoms with van der Waals surface area (Å²) in [7, 11) is -3.88. The number of fused-ring (bicyclic) bond motifs is 1. The number of piperazine rings is 1. The molecule has 1 aliphatic heterocycles. The van der Waals surface area contributed by atoms with E-state index in [1.807, 2.05) is 24.0 Å². The number of aromatic nitrogens is 1. The van der Waals surface area contributed by atoms with Crippen molar-refractivity contribution < 1.29 is 17.6 Å². The first-order valence-electron chi connectivity index (χ1n) is 12.5. The zero-order valence-corrected chi connectivity index (χ0v) is 22.0. The number of hydrogen-bond acceptors (Lipinski definition) is 5. The quantitative estimate of drug-likeness (QED) is 0.374. The fourth-order valence-corrected chi connectivity index (χ4v) is 6.18. The first-order chi connectivity index (χ1) is 18.2. The van der Waals surface area contributed by atoms with Crippen LogP contribution >= 0.6 is 0 Å². The summed E-state index contributed by atoms with van der Waals surface area (Å²) in [6, 6.07) is 21.7. The van der Waals surface area contributed by atoms with Gasteiger partial charge in [0, 0.05) is 54.6 Å². The number of benzene rings is 3. The molecule has 1 unspecified atom stereocenters. The molecule has 0 radical (unpaired) electrons. The van der Waals surface area contributed by atoms with Gasteiger partial charge in [-0.3, -0.25) is 19.4 Å². The molecule has 2 atom stereocenters. The molecule has 0 bridgehead atoms. The molecule has 0 spiro atoms. The summed E-state index contributed by atoms with van der Waals surface area (Å²) in [4.78, 5) is 21.7. The van der Waals surface area contributed by atoms with Crippen LogP contribution < -0.4 is 4.72 Å². The van der Waals surface area contributed by atoms with Crippen LogP contribution in [0.15, 0.2) is 90.0 Å². The van der Waals surface area contributed by atoms with Crippen molar-refractivity contribution in [2.75, 3.05) is 24.4 Å². The average molecular weight is 533 g/mol. The van der Waals surface area contributed by atoms with Gasteiger partial charge in [-0.1, -0.05) is 30.3 Å². The SMILES string of the molecule is CC(c1ccc(F)cc1)N1CCN(C(=O)c2ccc(NS(=O)(=O)c3cccc4cccnc34)cc2)[C@H](C)C1. The number of para-hydroxylation sites is 1. The molecule has 5 rings (SSSR count). The summed E-state index contributed by atoms with van der Waals surface area (Å²) in [5.41, 5.74) is 2.29. The Morgan fingerprint density at radius 2 is 1.71 bits per heavy atom. The molecule has 1 fully saturated rings. The van der Waals surface area contributed by atoms with Crippen molar-refractivity contribution in [3.05, 3.63) is 102 Å². The first-order valence-corrected chi connectivity index (χ1v) is 14.0. The molecule has 9 heteroatoms. The Hall–Kier alpha value is -3.82. The lowest BCUT2D eigenvalue weighted by molar-refractivity contribution is 0.0406. The summed E-state index contributed by atoms with van der Waals surface area (Å²) in [5.74, 6) is -0.353. The average Bonchev–Trinajstić information content (AvgIpc) is 2.92. The Balaban J connectivity index is 1.25. The molecular weight excluding hydrogens is 503 g/mol. The zero-order valence-electron chi connectivity index (χ0n) is 21.2. The van der Waals surface area contributed by atoms with Crippen molar-refractivity contribution in [2.45, 2.75) is 30.8 Å². The van der Waals surface area contributed by atoms with E-state index in [4.69, 9.17) is 0 Å². The van der Waals surface area contributed by atoms with Gasteiger partial charge in [0.25, 0.3) is 15.9 Å². The summed E-state index contributed by atoms with van der Waals surface area (Å²) >= 11 is 0. The van der Waals surface area contributed by atoms with Crippen LogP contribution in [-0.2, 0) is 10.0 Å². The van der Waals surface area contributed by atoms with Gasteiger partial charge in [-0.15, -0.1) is 0 Å². The normalized spacial score (nSPS) is 17.3. The van der Waals surface area contributed by atoms with Crippen molar-refractivity contribution in [2.24, 2.45) is 0 Å². The second-order valence-corrected chi connectivity index (χ2v) is 11.2. The van der Waals surface area contributed by atoms with Gasteiger partial charge >= 0.3 is 0 Å². The van der Waals surface area contributed by atoms with Gasteiger partial charge in [0.05, 0.1) is 5.52 Å². The van der Waals surface area contributed by atoms with E-state index >= 15 is 0 Å². The van der Waals surface area contributed by atoms with Crippen LogP contribution in [0.5, 0.6) is 0 Å². The van der Waals surface area contributed by atoms with Gasteiger partial charge in [-0.05, 0) is 67.9 Å². The predicted octanol–water partition coefficient (Wildman–Crippen LogP) is 5.08. The van der Waals surface area contributed by atoms with E-state index in [9.17, 15) is 17.6 Å². The van der Waals surface area contributed by atoms with Crippen molar-refractivity contribution in [3.8, 4) is 0 Å². The Labute approximate surface area is 222 Å². The van der Waals surface area contributed by atoms with Crippen molar-refractivity contribution in [1.82, 2.24) is 14.8 Å². The smallest absolute Gasteiger partial charge is 0.264 e. The number of hydrogen-bond donors (Lipinski definition) is 1. The van der Waals surface area contributed by atoms with Crippen LogP contribution in [0.1, 0.15) is 35.8 Å². The molecular formula is C29H29FN4O3S. The highest BCUT2D eigenvalue weighted by atomic mass is 32.2. The molecule has 3 aromatic carbocycles. The molecule has 38 heavy (non-hydrogen) atoms. The lowest BCUT2D eigenvalue weighted by Gasteiger charge is -2.42. The second kappa shape index (κ2) is 10.5. The minimum absolute atomic E-state index is 0.0174. The van der Waals surface area contributed by atoms with Gasteiger partial charge < -0.3 is 4.90 Å². The van der Waals surface area contributed by atoms with E-state index in [2.05, 4.69) is 21.5 Å². The van der Waals surface area contributed by atoms with Gasteiger partial charge in [-0.2, -0.15) is 0 Å². The van der Waals surface area contributed by atoms with Crippen LogP contribution in [0.2, 0.25) is 0 Å². The third kappa shape index (κ3) is 5.25. The second-order valence-electron chi connectivity index (χ2n) is 9.58. The number of nitrogens with zero attached hydrogens (tertiary/aromatic N) is 3. The molecule has 196 valence electrons. The van der Waals surface area contributed by atoms with E-state index in [1.165, 1.54) is 18.2 Å². The molecule has 2 heterocycles. The fraction of sp³-hybridized carbons (Fsp3) is 0.241. The zero-order chi connectivity index (χ0) is 26.9. The highest BCUT2D eigenvalue weighted by Gasteiger charge is 2.30. The van der Waals surface area contributed by atoms with E-state index in [0.29, 0.717) is 36.4 Å². The maximum atomic E-state index is 13.3. The molecule has 1 amide bonds. The van der Waals surface area contributed by atoms with E-state index in [0.717, 1.165) is 10.9 Å². The third-order valence-corrected chi connectivity index (χ3v) is 8.50. The van der Waals surface area contributed by atoms with E-state index < -0.39 is 10.0 Å². The number of halogens is 1. The third-order valence-electron chi connectivity index (χ3n) is 7.09. The molecule has 0 aliphatic carbocycles. The number of anilines is 1. The van der Waals surface area contributed by atoms with E-state index in [1.54, 1.807) is 54.7 Å². The Bertz CT molecular complexity index is 1550. The van der Waals surface area contributed by atoms with Crippen molar-refractivity contribution >= 4 is 32.5 Å². The lowest BCUT2D eigenvalue weighted by Crippen LogP contribution is -2.54.